The molecular weight excluding hydrogens is 254 g/mol. The van der Waals surface area contributed by atoms with E-state index in [0.717, 1.165) is 38.6 Å². The van der Waals surface area contributed by atoms with E-state index < -0.39 is 8.56 Å². The lowest BCUT2D eigenvalue weighted by atomic mass is 10.2. The highest BCUT2D eigenvalue weighted by molar-refractivity contribution is 6.68. The van der Waals surface area contributed by atoms with Gasteiger partial charge in [0.15, 0.2) is 0 Å². The highest BCUT2D eigenvalue weighted by Gasteiger charge is 2.42. The van der Waals surface area contributed by atoms with Crippen molar-refractivity contribution in [2.75, 3.05) is 19.8 Å². The Balaban J connectivity index is 4.54. The standard InChI is InChI=1S/C15H35NO2Si/c1-5-8-9-10-14-19(17-6-2,18-7-3)15(4)12-11-13-16/h15H,5-14,16H2,1-4H3. The van der Waals surface area contributed by atoms with Gasteiger partial charge in [0.1, 0.15) is 0 Å². The molecule has 0 radical (unpaired) electrons. The molecule has 0 aromatic rings. The van der Waals surface area contributed by atoms with Gasteiger partial charge in [-0.3, -0.25) is 0 Å². The van der Waals surface area contributed by atoms with E-state index in [2.05, 4.69) is 27.7 Å². The lowest BCUT2D eigenvalue weighted by molar-refractivity contribution is 0.170. The molecule has 0 saturated carbocycles. The molecule has 116 valence electrons. The van der Waals surface area contributed by atoms with Crippen molar-refractivity contribution in [3.05, 3.63) is 0 Å². The Morgan fingerprint density at radius 1 is 0.947 bits per heavy atom. The maximum absolute atomic E-state index is 6.18. The van der Waals surface area contributed by atoms with Gasteiger partial charge in [-0.1, -0.05) is 39.5 Å². The van der Waals surface area contributed by atoms with Crippen LogP contribution in [0, 0.1) is 0 Å². The zero-order chi connectivity index (χ0) is 14.6. The molecule has 1 unspecified atom stereocenters. The smallest absolute Gasteiger partial charge is 0.341 e. The van der Waals surface area contributed by atoms with E-state index in [1.165, 1.54) is 25.7 Å². The van der Waals surface area contributed by atoms with Gasteiger partial charge in [-0.2, -0.15) is 0 Å². The van der Waals surface area contributed by atoms with E-state index in [-0.39, 0.29) is 0 Å². The highest BCUT2D eigenvalue weighted by Crippen LogP contribution is 2.33. The second-order valence-electron chi connectivity index (χ2n) is 5.32. The van der Waals surface area contributed by atoms with Crippen molar-refractivity contribution >= 4 is 8.56 Å². The fourth-order valence-electron chi connectivity index (χ4n) is 2.65. The molecule has 19 heavy (non-hydrogen) atoms. The minimum Gasteiger partial charge on any atom is -0.394 e. The van der Waals surface area contributed by atoms with Crippen LogP contribution < -0.4 is 5.73 Å². The van der Waals surface area contributed by atoms with E-state index in [1.807, 2.05) is 0 Å². The zero-order valence-corrected chi connectivity index (χ0v) is 14.5. The molecule has 0 aromatic carbocycles. The SMILES string of the molecule is CCCCCC[Si](OCC)(OCC)C(C)CCCN. The van der Waals surface area contributed by atoms with Crippen molar-refractivity contribution < 1.29 is 8.85 Å². The fraction of sp³-hybridized carbons (Fsp3) is 1.00. The molecule has 0 heterocycles. The average Bonchev–Trinajstić information content (AvgIpc) is 2.41. The van der Waals surface area contributed by atoms with Gasteiger partial charge in [0, 0.05) is 13.2 Å². The molecule has 0 saturated heterocycles. The van der Waals surface area contributed by atoms with Crippen LogP contribution in [0.15, 0.2) is 0 Å². The van der Waals surface area contributed by atoms with Crippen LogP contribution in [0.25, 0.3) is 0 Å². The van der Waals surface area contributed by atoms with Crippen LogP contribution in [0.3, 0.4) is 0 Å². The first-order valence-electron chi connectivity index (χ1n) is 8.14. The largest absolute Gasteiger partial charge is 0.394 e. The van der Waals surface area contributed by atoms with Gasteiger partial charge in [-0.05, 0) is 44.8 Å². The van der Waals surface area contributed by atoms with Crippen molar-refractivity contribution in [2.24, 2.45) is 5.73 Å². The van der Waals surface area contributed by atoms with E-state index in [0.29, 0.717) is 5.54 Å². The van der Waals surface area contributed by atoms with Crippen molar-refractivity contribution in [1.29, 1.82) is 0 Å². The Labute approximate surface area is 121 Å². The number of hydrogen-bond acceptors (Lipinski definition) is 3. The van der Waals surface area contributed by atoms with Crippen molar-refractivity contribution in [2.45, 2.75) is 77.8 Å². The molecule has 2 N–H and O–H groups in total. The molecule has 1 atom stereocenters. The summed E-state index contributed by atoms with van der Waals surface area (Å²) in [5.41, 5.74) is 6.18. The summed E-state index contributed by atoms with van der Waals surface area (Å²) >= 11 is 0. The first-order valence-corrected chi connectivity index (χ1v) is 10.2. The van der Waals surface area contributed by atoms with E-state index in [4.69, 9.17) is 14.6 Å². The van der Waals surface area contributed by atoms with Gasteiger partial charge in [-0.15, -0.1) is 0 Å². The van der Waals surface area contributed by atoms with Crippen LogP contribution in [-0.2, 0) is 8.85 Å². The summed E-state index contributed by atoms with van der Waals surface area (Å²) in [7, 11) is -2.04. The topological polar surface area (TPSA) is 44.5 Å². The summed E-state index contributed by atoms with van der Waals surface area (Å²) in [5.74, 6) is 0. The lowest BCUT2D eigenvalue weighted by Gasteiger charge is -2.35. The second kappa shape index (κ2) is 11.9. The Hall–Kier alpha value is 0.0969. The molecular formula is C15H35NO2Si. The summed E-state index contributed by atoms with van der Waals surface area (Å²) in [6.45, 7) is 11.0. The monoisotopic (exact) mass is 289 g/mol. The normalized spacial score (nSPS) is 13.7. The maximum atomic E-state index is 6.18. The quantitative estimate of drug-likeness (QED) is 0.408. The van der Waals surface area contributed by atoms with Crippen LogP contribution in [-0.4, -0.2) is 28.3 Å². The van der Waals surface area contributed by atoms with E-state index in [1.54, 1.807) is 0 Å². The molecule has 0 fully saturated rings. The van der Waals surface area contributed by atoms with Gasteiger partial charge in [0.25, 0.3) is 0 Å². The van der Waals surface area contributed by atoms with Crippen molar-refractivity contribution in [1.82, 2.24) is 0 Å². The lowest BCUT2D eigenvalue weighted by Crippen LogP contribution is -2.46. The molecule has 0 aliphatic carbocycles. The third-order valence-corrected chi connectivity index (χ3v) is 8.14. The zero-order valence-electron chi connectivity index (χ0n) is 13.5. The Bertz CT molecular complexity index is 197. The van der Waals surface area contributed by atoms with Crippen LogP contribution in [0.2, 0.25) is 11.6 Å². The first-order chi connectivity index (χ1) is 9.16. The van der Waals surface area contributed by atoms with Gasteiger partial charge >= 0.3 is 8.56 Å². The van der Waals surface area contributed by atoms with Crippen molar-refractivity contribution in [3.8, 4) is 0 Å². The molecule has 4 heteroatoms. The molecule has 0 aromatic heterocycles. The molecule has 0 spiro atoms. The van der Waals surface area contributed by atoms with Gasteiger partial charge in [0.05, 0.1) is 0 Å². The predicted octanol–water partition coefficient (Wildman–Crippen LogP) is 4.21. The number of unbranched alkanes of at least 4 members (excludes halogenated alkanes) is 3. The summed E-state index contributed by atoms with van der Waals surface area (Å²) in [6.07, 6.45) is 7.35. The molecule has 0 bridgehead atoms. The van der Waals surface area contributed by atoms with Gasteiger partial charge in [-0.25, -0.2) is 0 Å². The van der Waals surface area contributed by atoms with Crippen LogP contribution in [0.1, 0.15) is 66.2 Å². The van der Waals surface area contributed by atoms with Crippen molar-refractivity contribution in [3.63, 3.8) is 0 Å². The minimum absolute atomic E-state index is 0.539. The molecule has 0 aliphatic heterocycles. The van der Waals surface area contributed by atoms with Gasteiger partial charge < -0.3 is 14.6 Å². The predicted molar refractivity (Wildman–Crippen MR) is 85.7 cm³/mol. The molecule has 3 nitrogen and oxygen atoms in total. The third-order valence-electron chi connectivity index (χ3n) is 3.75. The first kappa shape index (κ1) is 19.1. The van der Waals surface area contributed by atoms with Crippen LogP contribution >= 0.6 is 0 Å². The Morgan fingerprint density at radius 2 is 1.58 bits per heavy atom. The fourth-order valence-corrected chi connectivity index (χ4v) is 6.45. The Kier molecular flexibility index (Phi) is 11.9. The van der Waals surface area contributed by atoms with Gasteiger partial charge in [0.2, 0.25) is 0 Å². The maximum Gasteiger partial charge on any atom is 0.341 e. The van der Waals surface area contributed by atoms with Crippen LogP contribution in [0.5, 0.6) is 0 Å². The van der Waals surface area contributed by atoms with Crippen LogP contribution in [0.4, 0.5) is 0 Å². The Morgan fingerprint density at radius 3 is 2.05 bits per heavy atom. The third kappa shape index (κ3) is 7.44. The molecule has 0 amide bonds. The number of hydrogen-bond donors (Lipinski definition) is 1. The number of rotatable bonds is 13. The summed E-state index contributed by atoms with van der Waals surface area (Å²) in [6, 6.07) is 1.14. The van der Waals surface area contributed by atoms with E-state index >= 15 is 0 Å². The molecule has 0 aliphatic rings. The number of nitrogens with two attached hydrogens (primary N) is 1. The second-order valence-corrected chi connectivity index (χ2v) is 9.01. The summed E-state index contributed by atoms with van der Waals surface area (Å²) in [4.78, 5) is 0. The molecule has 0 rings (SSSR count). The van der Waals surface area contributed by atoms with E-state index in [9.17, 15) is 0 Å². The summed E-state index contributed by atoms with van der Waals surface area (Å²) in [5, 5.41) is 0. The summed E-state index contributed by atoms with van der Waals surface area (Å²) < 4.78 is 12.4. The highest BCUT2D eigenvalue weighted by atomic mass is 28.4. The average molecular weight is 290 g/mol. The minimum atomic E-state index is -2.04.